The molecule has 8 heteroatoms. The fraction of sp³-hybridized carbons (Fsp3) is 0.182. The molecule has 1 unspecified atom stereocenters. The number of amides is 3. The fourth-order valence-corrected chi connectivity index (χ4v) is 3.47. The molecule has 1 atom stereocenters. The van der Waals surface area contributed by atoms with E-state index in [1.165, 1.54) is 12.1 Å². The van der Waals surface area contributed by atoms with E-state index in [2.05, 4.69) is 15.7 Å². The fourth-order valence-electron chi connectivity index (χ4n) is 3.47. The van der Waals surface area contributed by atoms with Crippen molar-refractivity contribution in [3.63, 3.8) is 0 Å². The standard InChI is InChI=1S/C22H21N5O3/c1-12-3-5-14(6-4-12)19-13(2)21-25-18(28)11-17(27(21)26-19)22(30)24-16-9-7-15(8-10-16)20(23)29/h3-10,17H,11H2,1-2H3,(H2,23,29)(H,24,30)(H,25,28). The Kier molecular flexibility index (Phi) is 4.83. The number of aryl methyl sites for hydroxylation is 1. The Morgan fingerprint density at radius 2 is 1.77 bits per heavy atom. The summed E-state index contributed by atoms with van der Waals surface area (Å²) in [5.74, 6) is -0.635. The summed E-state index contributed by atoms with van der Waals surface area (Å²) in [5.41, 5.74) is 9.65. The average Bonchev–Trinajstić information content (AvgIpc) is 3.05. The molecule has 3 amide bonds. The van der Waals surface area contributed by atoms with E-state index >= 15 is 0 Å². The number of nitrogens with two attached hydrogens (primary N) is 1. The van der Waals surface area contributed by atoms with E-state index < -0.39 is 11.9 Å². The molecule has 0 radical (unpaired) electrons. The highest BCUT2D eigenvalue weighted by Crippen LogP contribution is 2.34. The summed E-state index contributed by atoms with van der Waals surface area (Å²) in [6, 6.07) is 13.4. The summed E-state index contributed by atoms with van der Waals surface area (Å²) in [5, 5.41) is 10.3. The van der Waals surface area contributed by atoms with E-state index in [0.29, 0.717) is 17.1 Å². The number of aromatic nitrogens is 2. The van der Waals surface area contributed by atoms with Crippen molar-refractivity contribution in [3.05, 3.63) is 65.2 Å². The summed E-state index contributed by atoms with van der Waals surface area (Å²) in [6.45, 7) is 3.88. The minimum Gasteiger partial charge on any atom is -0.366 e. The van der Waals surface area contributed by atoms with Crippen molar-refractivity contribution in [2.24, 2.45) is 5.73 Å². The number of anilines is 2. The first-order valence-electron chi connectivity index (χ1n) is 9.50. The Morgan fingerprint density at radius 3 is 2.40 bits per heavy atom. The number of carbonyl (C=O) groups is 3. The number of rotatable bonds is 4. The lowest BCUT2D eigenvalue weighted by atomic mass is 10.1. The normalized spacial score (nSPS) is 15.3. The van der Waals surface area contributed by atoms with Gasteiger partial charge < -0.3 is 16.4 Å². The van der Waals surface area contributed by atoms with Crippen molar-refractivity contribution in [1.82, 2.24) is 9.78 Å². The Bertz CT molecular complexity index is 1150. The van der Waals surface area contributed by atoms with Crippen molar-refractivity contribution in [1.29, 1.82) is 0 Å². The number of carbonyl (C=O) groups excluding carboxylic acids is 3. The highest BCUT2D eigenvalue weighted by molar-refractivity contribution is 6.02. The molecule has 8 nitrogen and oxygen atoms in total. The van der Waals surface area contributed by atoms with Crippen LogP contribution in [0.2, 0.25) is 0 Å². The molecule has 1 aromatic heterocycles. The van der Waals surface area contributed by atoms with Crippen LogP contribution in [0.1, 0.15) is 33.9 Å². The number of nitrogens with one attached hydrogen (secondary N) is 2. The van der Waals surface area contributed by atoms with Crippen LogP contribution in [-0.2, 0) is 9.59 Å². The van der Waals surface area contributed by atoms with Crippen LogP contribution < -0.4 is 16.4 Å². The summed E-state index contributed by atoms with van der Waals surface area (Å²) in [6.07, 6.45) is -0.0212. The van der Waals surface area contributed by atoms with Crippen LogP contribution in [-0.4, -0.2) is 27.5 Å². The van der Waals surface area contributed by atoms with Crippen LogP contribution in [0.25, 0.3) is 11.3 Å². The monoisotopic (exact) mass is 403 g/mol. The summed E-state index contributed by atoms with van der Waals surface area (Å²) >= 11 is 0. The Hall–Kier alpha value is -3.94. The van der Waals surface area contributed by atoms with Crippen LogP contribution in [0.5, 0.6) is 0 Å². The maximum absolute atomic E-state index is 13.0. The maximum Gasteiger partial charge on any atom is 0.249 e. The molecule has 152 valence electrons. The van der Waals surface area contributed by atoms with Gasteiger partial charge in [-0.25, -0.2) is 4.68 Å². The smallest absolute Gasteiger partial charge is 0.249 e. The zero-order valence-electron chi connectivity index (χ0n) is 16.6. The number of hydrogen-bond donors (Lipinski definition) is 3. The van der Waals surface area contributed by atoms with Gasteiger partial charge >= 0.3 is 0 Å². The van der Waals surface area contributed by atoms with E-state index in [1.807, 2.05) is 38.1 Å². The summed E-state index contributed by atoms with van der Waals surface area (Å²) < 4.78 is 1.57. The van der Waals surface area contributed by atoms with Gasteiger partial charge in [0.15, 0.2) is 0 Å². The summed E-state index contributed by atoms with van der Waals surface area (Å²) in [7, 11) is 0. The highest BCUT2D eigenvalue weighted by Gasteiger charge is 2.34. The van der Waals surface area contributed by atoms with Crippen LogP contribution in [0.15, 0.2) is 48.5 Å². The van der Waals surface area contributed by atoms with E-state index in [1.54, 1.807) is 16.8 Å². The SMILES string of the molecule is Cc1ccc(-c2nn3c(c2C)NC(=O)CC3C(=O)Nc2ccc(C(N)=O)cc2)cc1. The van der Waals surface area contributed by atoms with Gasteiger partial charge in [-0.05, 0) is 38.1 Å². The predicted molar refractivity (Wildman–Crippen MR) is 113 cm³/mol. The number of nitrogens with zero attached hydrogens (tertiary/aromatic N) is 2. The van der Waals surface area contributed by atoms with Crippen molar-refractivity contribution >= 4 is 29.2 Å². The number of fused-ring (bicyclic) bond motifs is 1. The molecule has 0 saturated heterocycles. The Balaban J connectivity index is 1.65. The van der Waals surface area contributed by atoms with Gasteiger partial charge in [-0.15, -0.1) is 0 Å². The predicted octanol–water partition coefficient (Wildman–Crippen LogP) is 2.79. The van der Waals surface area contributed by atoms with Gasteiger partial charge in [0, 0.05) is 22.4 Å². The first kappa shape index (κ1) is 19.4. The molecule has 0 bridgehead atoms. The third-order valence-electron chi connectivity index (χ3n) is 5.14. The van der Waals surface area contributed by atoms with Crippen molar-refractivity contribution in [2.75, 3.05) is 10.6 Å². The third kappa shape index (κ3) is 3.55. The van der Waals surface area contributed by atoms with E-state index in [9.17, 15) is 14.4 Å². The molecule has 2 heterocycles. The number of primary amides is 1. The topological polar surface area (TPSA) is 119 Å². The van der Waals surface area contributed by atoms with Crippen LogP contribution in [0.3, 0.4) is 0 Å². The minimum absolute atomic E-state index is 0.0212. The van der Waals surface area contributed by atoms with Gasteiger partial charge in [0.1, 0.15) is 11.9 Å². The van der Waals surface area contributed by atoms with Crippen LogP contribution in [0.4, 0.5) is 11.5 Å². The molecule has 0 spiro atoms. The quantitative estimate of drug-likeness (QED) is 0.620. The van der Waals surface area contributed by atoms with Crippen molar-refractivity contribution in [3.8, 4) is 11.3 Å². The third-order valence-corrected chi connectivity index (χ3v) is 5.14. The second kappa shape index (κ2) is 7.47. The molecular weight excluding hydrogens is 382 g/mol. The molecule has 2 aromatic carbocycles. The molecule has 0 fully saturated rings. The second-order valence-corrected chi connectivity index (χ2v) is 7.33. The van der Waals surface area contributed by atoms with Gasteiger partial charge in [-0.3, -0.25) is 14.4 Å². The first-order chi connectivity index (χ1) is 14.3. The lowest BCUT2D eigenvalue weighted by Gasteiger charge is -2.24. The van der Waals surface area contributed by atoms with Crippen molar-refractivity contribution < 1.29 is 14.4 Å². The molecular formula is C22H21N5O3. The molecule has 0 saturated carbocycles. The molecule has 4 rings (SSSR count). The van der Waals surface area contributed by atoms with Crippen LogP contribution in [0, 0.1) is 13.8 Å². The number of hydrogen-bond acceptors (Lipinski definition) is 4. The first-order valence-corrected chi connectivity index (χ1v) is 9.50. The van der Waals surface area contributed by atoms with Gasteiger partial charge in [0.05, 0.1) is 12.1 Å². The average molecular weight is 403 g/mol. The Morgan fingerprint density at radius 1 is 1.10 bits per heavy atom. The highest BCUT2D eigenvalue weighted by atomic mass is 16.2. The molecule has 4 N–H and O–H groups in total. The molecule has 30 heavy (non-hydrogen) atoms. The molecule has 1 aliphatic rings. The van der Waals surface area contributed by atoms with Gasteiger partial charge in [-0.2, -0.15) is 5.10 Å². The van der Waals surface area contributed by atoms with Gasteiger partial charge in [0.25, 0.3) is 0 Å². The van der Waals surface area contributed by atoms with E-state index in [-0.39, 0.29) is 18.2 Å². The number of benzene rings is 2. The largest absolute Gasteiger partial charge is 0.366 e. The van der Waals surface area contributed by atoms with E-state index in [0.717, 1.165) is 22.4 Å². The second-order valence-electron chi connectivity index (χ2n) is 7.33. The zero-order valence-corrected chi connectivity index (χ0v) is 16.6. The molecule has 3 aromatic rings. The van der Waals surface area contributed by atoms with E-state index in [4.69, 9.17) is 5.73 Å². The maximum atomic E-state index is 13.0. The Labute approximate surface area is 173 Å². The lowest BCUT2D eigenvalue weighted by Crippen LogP contribution is -2.35. The summed E-state index contributed by atoms with van der Waals surface area (Å²) in [4.78, 5) is 36.4. The molecule has 0 aliphatic carbocycles. The minimum atomic E-state index is -0.789. The lowest BCUT2D eigenvalue weighted by molar-refractivity contribution is -0.125. The molecule has 1 aliphatic heterocycles. The van der Waals surface area contributed by atoms with Crippen LogP contribution >= 0.6 is 0 Å². The zero-order chi connectivity index (χ0) is 21.4. The van der Waals surface area contributed by atoms with Crippen molar-refractivity contribution in [2.45, 2.75) is 26.3 Å². The van der Waals surface area contributed by atoms with Gasteiger partial charge in [-0.1, -0.05) is 29.8 Å². The van der Waals surface area contributed by atoms with Gasteiger partial charge in [0.2, 0.25) is 17.7 Å².